The highest BCUT2D eigenvalue weighted by molar-refractivity contribution is 8.00. The summed E-state index contributed by atoms with van der Waals surface area (Å²) < 4.78 is 10.2. The summed E-state index contributed by atoms with van der Waals surface area (Å²) in [5.41, 5.74) is -0.541. The second-order valence-corrected chi connectivity index (χ2v) is 5.84. The quantitative estimate of drug-likeness (QED) is 0.710. The molecule has 17 heavy (non-hydrogen) atoms. The van der Waals surface area contributed by atoms with Crippen LogP contribution in [-0.4, -0.2) is 46.8 Å². The molecule has 1 aliphatic rings. The lowest BCUT2D eigenvalue weighted by atomic mass is 10.2. The average molecular weight is 261 g/mol. The van der Waals surface area contributed by atoms with Crippen LogP contribution in [0.4, 0.5) is 4.79 Å². The molecule has 1 amide bonds. The SMILES string of the molecule is CCOC(=O)N1CCSC1C(=O)OC(C)(C)C. The molecule has 6 heteroatoms. The molecule has 1 rings (SSSR count). The summed E-state index contributed by atoms with van der Waals surface area (Å²) in [4.78, 5) is 24.9. The fourth-order valence-corrected chi connectivity index (χ4v) is 2.49. The van der Waals surface area contributed by atoms with Crippen LogP contribution in [0, 0.1) is 0 Å². The number of nitrogens with zero attached hydrogens (tertiary/aromatic N) is 1. The summed E-state index contributed by atoms with van der Waals surface area (Å²) in [6.07, 6.45) is -0.451. The first-order valence-electron chi connectivity index (χ1n) is 5.63. The highest BCUT2D eigenvalue weighted by atomic mass is 32.2. The van der Waals surface area contributed by atoms with Crippen molar-refractivity contribution in [1.29, 1.82) is 0 Å². The van der Waals surface area contributed by atoms with Gasteiger partial charge in [-0.15, -0.1) is 11.8 Å². The van der Waals surface area contributed by atoms with E-state index in [9.17, 15) is 9.59 Å². The van der Waals surface area contributed by atoms with Crippen LogP contribution in [0.25, 0.3) is 0 Å². The lowest BCUT2D eigenvalue weighted by Crippen LogP contribution is -2.42. The summed E-state index contributed by atoms with van der Waals surface area (Å²) in [7, 11) is 0. The average Bonchev–Trinajstić information content (AvgIpc) is 2.63. The molecule has 0 radical (unpaired) electrons. The van der Waals surface area contributed by atoms with Crippen LogP contribution >= 0.6 is 11.8 Å². The normalized spacial score (nSPS) is 20.2. The van der Waals surface area contributed by atoms with Crippen molar-refractivity contribution in [2.75, 3.05) is 18.9 Å². The number of hydrogen-bond acceptors (Lipinski definition) is 5. The standard InChI is InChI=1S/C11H19NO4S/c1-5-15-10(14)12-6-7-17-8(12)9(13)16-11(2,3)4/h8H,5-7H2,1-4H3. The van der Waals surface area contributed by atoms with Crippen LogP contribution in [0.15, 0.2) is 0 Å². The van der Waals surface area contributed by atoms with Crippen LogP contribution in [0.5, 0.6) is 0 Å². The van der Waals surface area contributed by atoms with E-state index in [0.717, 1.165) is 5.75 Å². The van der Waals surface area contributed by atoms with E-state index in [-0.39, 0.29) is 5.97 Å². The molecule has 98 valence electrons. The molecule has 5 nitrogen and oxygen atoms in total. The van der Waals surface area contributed by atoms with Gasteiger partial charge < -0.3 is 9.47 Å². The minimum absolute atomic E-state index is 0.307. The molecule has 0 aliphatic carbocycles. The van der Waals surface area contributed by atoms with Gasteiger partial charge in [0, 0.05) is 12.3 Å². The largest absolute Gasteiger partial charge is 0.458 e. The predicted molar refractivity (Wildman–Crippen MR) is 65.8 cm³/mol. The van der Waals surface area contributed by atoms with Gasteiger partial charge in [-0.3, -0.25) is 4.90 Å². The number of carbonyl (C=O) groups excluding carboxylic acids is 2. The van der Waals surface area contributed by atoms with Crippen molar-refractivity contribution in [3.8, 4) is 0 Å². The van der Waals surface area contributed by atoms with Gasteiger partial charge in [0.05, 0.1) is 6.61 Å². The van der Waals surface area contributed by atoms with E-state index in [0.29, 0.717) is 13.2 Å². The Kier molecular flexibility index (Phi) is 4.68. The summed E-state index contributed by atoms with van der Waals surface area (Å²) in [5, 5.41) is -0.576. The van der Waals surface area contributed by atoms with Gasteiger partial charge in [0.1, 0.15) is 5.60 Å². The molecule has 0 aromatic rings. The molecule has 0 spiro atoms. The molecule has 1 saturated heterocycles. The fraction of sp³-hybridized carbons (Fsp3) is 0.818. The van der Waals surface area contributed by atoms with Crippen LogP contribution in [0.3, 0.4) is 0 Å². The third kappa shape index (κ3) is 4.11. The number of ether oxygens (including phenoxy) is 2. The summed E-state index contributed by atoms with van der Waals surface area (Å²) >= 11 is 1.40. The molecule has 0 saturated carbocycles. The van der Waals surface area contributed by atoms with E-state index in [1.165, 1.54) is 16.7 Å². The van der Waals surface area contributed by atoms with E-state index >= 15 is 0 Å². The number of hydrogen-bond donors (Lipinski definition) is 0. The molecule has 1 heterocycles. The van der Waals surface area contributed by atoms with Gasteiger partial charge in [-0.2, -0.15) is 0 Å². The molecule has 0 bridgehead atoms. The lowest BCUT2D eigenvalue weighted by Gasteiger charge is -2.26. The highest BCUT2D eigenvalue weighted by Crippen LogP contribution is 2.27. The van der Waals surface area contributed by atoms with Gasteiger partial charge in [-0.25, -0.2) is 9.59 Å². The zero-order valence-corrected chi connectivity index (χ0v) is 11.5. The Morgan fingerprint density at radius 3 is 2.59 bits per heavy atom. The van der Waals surface area contributed by atoms with Crippen molar-refractivity contribution in [2.24, 2.45) is 0 Å². The zero-order chi connectivity index (χ0) is 13.1. The van der Waals surface area contributed by atoms with E-state index in [1.807, 2.05) is 0 Å². The van der Waals surface area contributed by atoms with Gasteiger partial charge in [-0.1, -0.05) is 0 Å². The molecule has 0 N–H and O–H groups in total. The Labute approximate surface area is 106 Å². The molecule has 0 aromatic carbocycles. The van der Waals surface area contributed by atoms with Crippen LogP contribution in [-0.2, 0) is 14.3 Å². The summed E-state index contributed by atoms with van der Waals surface area (Å²) in [5.74, 6) is 0.343. The lowest BCUT2D eigenvalue weighted by molar-refractivity contribution is -0.156. The van der Waals surface area contributed by atoms with Crippen molar-refractivity contribution in [2.45, 2.75) is 38.7 Å². The maximum absolute atomic E-state index is 11.9. The minimum atomic E-state index is -0.576. The third-order valence-electron chi connectivity index (χ3n) is 2.00. The molecular weight excluding hydrogens is 242 g/mol. The molecule has 0 aromatic heterocycles. The number of esters is 1. The van der Waals surface area contributed by atoms with Crippen molar-refractivity contribution in [1.82, 2.24) is 4.90 Å². The number of rotatable bonds is 2. The monoisotopic (exact) mass is 261 g/mol. The number of amides is 1. The number of carbonyl (C=O) groups is 2. The van der Waals surface area contributed by atoms with Crippen LogP contribution in [0.1, 0.15) is 27.7 Å². The van der Waals surface area contributed by atoms with Crippen molar-refractivity contribution >= 4 is 23.8 Å². The third-order valence-corrected chi connectivity index (χ3v) is 3.18. The molecule has 1 unspecified atom stereocenters. The van der Waals surface area contributed by atoms with Gasteiger partial charge in [0.2, 0.25) is 0 Å². The molecule has 1 fully saturated rings. The Balaban J connectivity index is 2.63. The number of thioether (sulfide) groups is 1. The topological polar surface area (TPSA) is 55.8 Å². The van der Waals surface area contributed by atoms with E-state index < -0.39 is 17.1 Å². The first kappa shape index (κ1) is 14.2. The van der Waals surface area contributed by atoms with Gasteiger partial charge in [0.15, 0.2) is 5.37 Å². The Hall–Kier alpha value is -0.910. The van der Waals surface area contributed by atoms with Crippen molar-refractivity contribution in [3.63, 3.8) is 0 Å². The van der Waals surface area contributed by atoms with Gasteiger partial charge in [0.25, 0.3) is 0 Å². The van der Waals surface area contributed by atoms with Crippen molar-refractivity contribution < 1.29 is 19.1 Å². The fourth-order valence-electron chi connectivity index (χ4n) is 1.41. The molecule has 1 aliphatic heterocycles. The van der Waals surface area contributed by atoms with Crippen LogP contribution in [0.2, 0.25) is 0 Å². The van der Waals surface area contributed by atoms with Crippen molar-refractivity contribution in [3.05, 3.63) is 0 Å². The Bertz CT molecular complexity index is 300. The maximum atomic E-state index is 11.9. The minimum Gasteiger partial charge on any atom is -0.458 e. The molecule has 1 atom stereocenters. The van der Waals surface area contributed by atoms with Gasteiger partial charge in [-0.05, 0) is 27.7 Å². The first-order chi connectivity index (χ1) is 7.85. The predicted octanol–water partition coefficient (Wildman–Crippen LogP) is 1.86. The smallest absolute Gasteiger partial charge is 0.411 e. The first-order valence-corrected chi connectivity index (χ1v) is 6.68. The molecular formula is C11H19NO4S. The van der Waals surface area contributed by atoms with Crippen LogP contribution < -0.4 is 0 Å². The second kappa shape index (κ2) is 5.62. The summed E-state index contributed by atoms with van der Waals surface area (Å²) in [6, 6.07) is 0. The Morgan fingerprint density at radius 1 is 1.41 bits per heavy atom. The highest BCUT2D eigenvalue weighted by Gasteiger charge is 2.38. The maximum Gasteiger partial charge on any atom is 0.411 e. The van der Waals surface area contributed by atoms with E-state index in [2.05, 4.69) is 0 Å². The van der Waals surface area contributed by atoms with Gasteiger partial charge >= 0.3 is 12.1 Å². The van der Waals surface area contributed by atoms with E-state index in [1.54, 1.807) is 27.7 Å². The summed E-state index contributed by atoms with van der Waals surface area (Å²) in [6.45, 7) is 7.98. The second-order valence-electron chi connectivity index (χ2n) is 4.65. The Morgan fingerprint density at radius 2 is 2.06 bits per heavy atom. The zero-order valence-electron chi connectivity index (χ0n) is 10.7. The van der Waals surface area contributed by atoms with E-state index in [4.69, 9.17) is 9.47 Å².